The zero-order valence-corrected chi connectivity index (χ0v) is 13.9. The summed E-state index contributed by atoms with van der Waals surface area (Å²) in [5, 5.41) is 3.46. The van der Waals surface area contributed by atoms with E-state index < -0.39 is 9.84 Å². The van der Waals surface area contributed by atoms with Crippen LogP contribution < -0.4 is 5.32 Å². The lowest BCUT2D eigenvalue weighted by molar-refractivity contribution is 0.599. The number of hydrogen-bond acceptors (Lipinski definition) is 6. The van der Waals surface area contributed by atoms with Gasteiger partial charge in [-0.2, -0.15) is 0 Å². The Labute approximate surface area is 134 Å². The molecule has 6 nitrogen and oxygen atoms in total. The Balaban J connectivity index is 2.27. The summed E-state index contributed by atoms with van der Waals surface area (Å²) in [7, 11) is -3.22. The van der Waals surface area contributed by atoms with Crippen molar-refractivity contribution in [3.8, 4) is 0 Å². The summed E-state index contributed by atoms with van der Waals surface area (Å²) in [6.07, 6.45) is 5.24. The van der Waals surface area contributed by atoms with Crippen LogP contribution >= 0.6 is 11.6 Å². The minimum Gasteiger partial charge on any atom is -0.366 e. The van der Waals surface area contributed by atoms with Crippen molar-refractivity contribution < 1.29 is 8.42 Å². The summed E-state index contributed by atoms with van der Waals surface area (Å²) < 4.78 is 22.8. The van der Waals surface area contributed by atoms with Gasteiger partial charge in [-0.15, -0.1) is 0 Å². The smallest absolute Gasteiger partial charge is 0.154 e. The summed E-state index contributed by atoms with van der Waals surface area (Å²) in [5.74, 6) is 0.515. The van der Waals surface area contributed by atoms with Gasteiger partial charge in [0.15, 0.2) is 9.84 Å². The van der Waals surface area contributed by atoms with Crippen molar-refractivity contribution in [3.63, 3.8) is 0 Å². The molecule has 2 rings (SSSR count). The number of nitrogens with zero attached hydrogens (tertiary/aromatic N) is 3. The van der Waals surface area contributed by atoms with Crippen molar-refractivity contribution in [3.05, 3.63) is 46.6 Å². The van der Waals surface area contributed by atoms with Crippen LogP contribution in [0.15, 0.2) is 24.5 Å². The maximum atomic E-state index is 11.4. The van der Waals surface area contributed by atoms with E-state index in [0.717, 1.165) is 17.4 Å². The van der Waals surface area contributed by atoms with Crippen LogP contribution in [0.1, 0.15) is 23.9 Å². The van der Waals surface area contributed by atoms with Crippen LogP contribution in [-0.2, 0) is 28.6 Å². The SMILES string of the molecule is CCc1c(Cl)nc(CS(C)(=O)=O)nc1NCc1cccnc1. The van der Waals surface area contributed by atoms with Crippen molar-refractivity contribution in [1.82, 2.24) is 15.0 Å². The lowest BCUT2D eigenvalue weighted by Crippen LogP contribution is -2.11. The molecule has 0 aliphatic heterocycles. The maximum absolute atomic E-state index is 11.4. The molecule has 8 heteroatoms. The van der Waals surface area contributed by atoms with Crippen LogP contribution in [0.3, 0.4) is 0 Å². The third kappa shape index (κ3) is 4.64. The van der Waals surface area contributed by atoms with Gasteiger partial charge in [-0.05, 0) is 18.1 Å². The summed E-state index contributed by atoms with van der Waals surface area (Å²) in [5.41, 5.74) is 1.76. The van der Waals surface area contributed by atoms with Gasteiger partial charge in [0.25, 0.3) is 0 Å². The quantitative estimate of drug-likeness (QED) is 0.812. The molecule has 2 aromatic rings. The Kier molecular flexibility index (Phi) is 5.31. The van der Waals surface area contributed by atoms with Crippen LogP contribution in [0.4, 0.5) is 5.82 Å². The molecule has 1 N–H and O–H groups in total. The highest BCUT2D eigenvalue weighted by Gasteiger charge is 2.15. The van der Waals surface area contributed by atoms with Crippen molar-refractivity contribution >= 4 is 27.3 Å². The first-order chi connectivity index (χ1) is 10.4. The molecule has 118 valence electrons. The van der Waals surface area contributed by atoms with Gasteiger partial charge in [0.1, 0.15) is 22.5 Å². The van der Waals surface area contributed by atoms with Gasteiger partial charge < -0.3 is 5.32 Å². The van der Waals surface area contributed by atoms with Gasteiger partial charge in [-0.1, -0.05) is 24.6 Å². The second-order valence-corrected chi connectivity index (χ2v) is 7.39. The van der Waals surface area contributed by atoms with Gasteiger partial charge in [0.05, 0.1) is 0 Å². The molecule has 0 saturated carbocycles. The third-order valence-corrected chi connectivity index (χ3v) is 4.03. The molecule has 0 aliphatic rings. The number of hydrogen-bond donors (Lipinski definition) is 1. The number of sulfone groups is 1. The number of aromatic nitrogens is 3. The van der Waals surface area contributed by atoms with Crippen molar-refractivity contribution in [2.75, 3.05) is 11.6 Å². The molecule has 0 amide bonds. The third-order valence-electron chi connectivity index (χ3n) is 2.93. The van der Waals surface area contributed by atoms with Crippen molar-refractivity contribution in [2.24, 2.45) is 0 Å². The fourth-order valence-electron chi connectivity index (χ4n) is 1.95. The largest absolute Gasteiger partial charge is 0.366 e. The number of rotatable bonds is 6. The Hall–Kier alpha value is -1.73. The topological polar surface area (TPSA) is 84.8 Å². The first kappa shape index (κ1) is 16.6. The number of halogens is 1. The predicted molar refractivity (Wildman–Crippen MR) is 86.5 cm³/mol. The molecule has 2 aromatic heterocycles. The first-order valence-corrected chi connectivity index (χ1v) is 9.18. The van der Waals surface area contributed by atoms with E-state index in [0.29, 0.717) is 18.8 Å². The standard InChI is InChI=1S/C14H17ClN4O2S/c1-3-11-13(15)18-12(9-22(2,20)21)19-14(11)17-8-10-5-4-6-16-7-10/h4-7H,3,8-9H2,1-2H3,(H,17,18,19). The second kappa shape index (κ2) is 7.02. The average Bonchev–Trinajstić information content (AvgIpc) is 2.44. The van der Waals surface area contributed by atoms with E-state index >= 15 is 0 Å². The number of anilines is 1. The highest BCUT2D eigenvalue weighted by molar-refractivity contribution is 7.89. The van der Waals surface area contributed by atoms with Crippen LogP contribution in [0.5, 0.6) is 0 Å². The van der Waals surface area contributed by atoms with Crippen LogP contribution in [0, 0.1) is 0 Å². The lowest BCUT2D eigenvalue weighted by Gasteiger charge is -2.12. The van der Waals surface area contributed by atoms with Gasteiger partial charge in [0.2, 0.25) is 0 Å². The zero-order chi connectivity index (χ0) is 16.2. The molecule has 0 fully saturated rings. The van der Waals surface area contributed by atoms with E-state index in [2.05, 4.69) is 20.3 Å². The minimum absolute atomic E-state index is 0.193. The Bertz CT molecular complexity index is 751. The average molecular weight is 341 g/mol. The van der Waals surface area contributed by atoms with Gasteiger partial charge >= 0.3 is 0 Å². The Morgan fingerprint density at radius 1 is 1.32 bits per heavy atom. The van der Waals surface area contributed by atoms with Crippen LogP contribution in [0.2, 0.25) is 5.15 Å². The highest BCUT2D eigenvalue weighted by Crippen LogP contribution is 2.23. The van der Waals surface area contributed by atoms with E-state index in [-0.39, 0.29) is 16.7 Å². The summed E-state index contributed by atoms with van der Waals surface area (Å²) in [4.78, 5) is 12.4. The first-order valence-electron chi connectivity index (χ1n) is 6.75. The van der Waals surface area contributed by atoms with Gasteiger partial charge in [0, 0.05) is 30.8 Å². The molecule has 0 saturated heterocycles. The van der Waals surface area contributed by atoms with Crippen molar-refractivity contribution in [1.29, 1.82) is 0 Å². The highest BCUT2D eigenvalue weighted by atomic mass is 35.5. The molecule has 2 heterocycles. The molecule has 22 heavy (non-hydrogen) atoms. The molecular weight excluding hydrogens is 324 g/mol. The van der Waals surface area contributed by atoms with Gasteiger partial charge in [-0.3, -0.25) is 4.98 Å². The van der Waals surface area contributed by atoms with Crippen LogP contribution in [0.25, 0.3) is 0 Å². The molecule has 0 aromatic carbocycles. The minimum atomic E-state index is -3.22. The molecule has 0 bridgehead atoms. The fourth-order valence-corrected chi connectivity index (χ4v) is 2.87. The van der Waals surface area contributed by atoms with E-state index in [9.17, 15) is 8.42 Å². The maximum Gasteiger partial charge on any atom is 0.154 e. The van der Waals surface area contributed by atoms with Crippen molar-refractivity contribution in [2.45, 2.75) is 25.6 Å². The Morgan fingerprint density at radius 3 is 2.68 bits per heavy atom. The monoisotopic (exact) mass is 340 g/mol. The Morgan fingerprint density at radius 2 is 2.09 bits per heavy atom. The molecule has 0 spiro atoms. The molecule has 0 unspecified atom stereocenters. The van der Waals surface area contributed by atoms with Crippen LogP contribution in [-0.4, -0.2) is 29.6 Å². The normalized spacial score (nSPS) is 11.4. The summed E-state index contributed by atoms with van der Waals surface area (Å²) in [6.45, 7) is 2.46. The van der Waals surface area contributed by atoms with E-state index in [1.165, 1.54) is 0 Å². The molecule has 0 aliphatic carbocycles. The zero-order valence-electron chi connectivity index (χ0n) is 12.4. The lowest BCUT2D eigenvalue weighted by atomic mass is 10.2. The second-order valence-electron chi connectivity index (χ2n) is 4.90. The van der Waals surface area contributed by atoms with E-state index in [1.54, 1.807) is 12.4 Å². The molecular formula is C14H17ClN4O2S. The molecule has 0 radical (unpaired) electrons. The van der Waals surface area contributed by atoms with Gasteiger partial charge in [-0.25, -0.2) is 18.4 Å². The van der Waals surface area contributed by atoms with E-state index in [1.807, 2.05) is 19.1 Å². The number of pyridine rings is 1. The fraction of sp³-hybridized carbons (Fsp3) is 0.357. The number of nitrogens with one attached hydrogen (secondary N) is 1. The molecule has 0 atom stereocenters. The van der Waals surface area contributed by atoms with E-state index in [4.69, 9.17) is 11.6 Å². The summed E-state index contributed by atoms with van der Waals surface area (Å²) >= 11 is 6.15. The predicted octanol–water partition coefficient (Wildman–Crippen LogP) is 2.24. The summed E-state index contributed by atoms with van der Waals surface area (Å²) in [6, 6.07) is 3.78.